The van der Waals surface area contributed by atoms with Crippen LogP contribution in [-0.2, 0) is 21.2 Å². The molecule has 1 aromatic rings. The summed E-state index contributed by atoms with van der Waals surface area (Å²) < 4.78 is 26.6. The first-order chi connectivity index (χ1) is 8.51. The Labute approximate surface area is 112 Å². The topological polar surface area (TPSA) is 104 Å². The number of hydrogen-bond donors (Lipinski definition) is 3. The van der Waals surface area contributed by atoms with E-state index in [2.05, 4.69) is 4.72 Å². The number of phenols is 1. The zero-order chi connectivity index (χ0) is 14.8. The molecular formula is C12H17NO5S. The summed E-state index contributed by atoms with van der Waals surface area (Å²) in [4.78, 5) is 10.3. The average Bonchev–Trinajstić information content (AvgIpc) is 2.16. The number of sulfonamides is 1. The summed E-state index contributed by atoms with van der Waals surface area (Å²) in [6.07, 6.45) is -0.307. The quantitative estimate of drug-likeness (QED) is 0.769. The summed E-state index contributed by atoms with van der Waals surface area (Å²) in [5.41, 5.74) is -0.395. The molecule has 106 valence electrons. The maximum absolute atomic E-state index is 12.1. The zero-order valence-corrected chi connectivity index (χ0v) is 11.8. The first kappa shape index (κ1) is 15.5. The van der Waals surface area contributed by atoms with Crippen molar-refractivity contribution in [3.63, 3.8) is 0 Å². The SMILES string of the molecule is CC(C)(C)NS(=O)(=O)c1cc(CC(=O)O)ccc1O. The number of benzene rings is 1. The lowest BCUT2D eigenvalue weighted by Gasteiger charge is -2.21. The van der Waals surface area contributed by atoms with Crippen LogP contribution in [0.1, 0.15) is 26.3 Å². The highest BCUT2D eigenvalue weighted by Crippen LogP contribution is 2.25. The van der Waals surface area contributed by atoms with Gasteiger partial charge >= 0.3 is 5.97 Å². The third kappa shape index (κ3) is 4.53. The van der Waals surface area contributed by atoms with Gasteiger partial charge in [0, 0.05) is 5.54 Å². The van der Waals surface area contributed by atoms with Gasteiger partial charge in [0.15, 0.2) is 0 Å². The minimum absolute atomic E-state index is 0.305. The Kier molecular flexibility index (Phi) is 4.21. The van der Waals surface area contributed by atoms with Crippen LogP contribution in [0.2, 0.25) is 0 Å². The monoisotopic (exact) mass is 287 g/mol. The number of carboxylic acids is 1. The van der Waals surface area contributed by atoms with Crippen molar-refractivity contribution < 1.29 is 23.4 Å². The fourth-order valence-electron chi connectivity index (χ4n) is 1.52. The van der Waals surface area contributed by atoms with Crippen molar-refractivity contribution in [2.45, 2.75) is 37.6 Å². The van der Waals surface area contributed by atoms with Crippen molar-refractivity contribution in [2.24, 2.45) is 0 Å². The van der Waals surface area contributed by atoms with Crippen LogP contribution in [0.4, 0.5) is 0 Å². The molecule has 0 aliphatic heterocycles. The highest BCUT2D eigenvalue weighted by molar-refractivity contribution is 7.89. The van der Waals surface area contributed by atoms with Crippen molar-refractivity contribution in [1.29, 1.82) is 0 Å². The number of phenolic OH excluding ortho intramolecular Hbond substituents is 1. The molecule has 0 radical (unpaired) electrons. The Morgan fingerprint density at radius 3 is 2.37 bits per heavy atom. The van der Waals surface area contributed by atoms with E-state index in [0.717, 1.165) is 6.07 Å². The first-order valence-electron chi connectivity index (χ1n) is 5.59. The molecule has 0 unspecified atom stereocenters. The van der Waals surface area contributed by atoms with E-state index in [9.17, 15) is 18.3 Å². The summed E-state index contributed by atoms with van der Waals surface area (Å²) in [6.45, 7) is 5.01. The number of aromatic hydroxyl groups is 1. The molecule has 0 saturated heterocycles. The largest absolute Gasteiger partial charge is 0.507 e. The smallest absolute Gasteiger partial charge is 0.307 e. The average molecular weight is 287 g/mol. The van der Waals surface area contributed by atoms with E-state index < -0.39 is 27.3 Å². The summed E-state index contributed by atoms with van der Waals surface area (Å²) in [7, 11) is -3.90. The van der Waals surface area contributed by atoms with E-state index in [-0.39, 0.29) is 11.3 Å². The number of rotatable bonds is 4. The van der Waals surface area contributed by atoms with Gasteiger partial charge in [-0.15, -0.1) is 0 Å². The van der Waals surface area contributed by atoms with E-state index in [1.807, 2.05) is 0 Å². The Morgan fingerprint density at radius 2 is 1.89 bits per heavy atom. The fourth-order valence-corrected chi connectivity index (χ4v) is 3.08. The van der Waals surface area contributed by atoms with Gasteiger partial charge in [0.1, 0.15) is 10.6 Å². The lowest BCUT2D eigenvalue weighted by Crippen LogP contribution is -2.40. The van der Waals surface area contributed by atoms with Gasteiger partial charge in [-0.25, -0.2) is 13.1 Å². The maximum atomic E-state index is 12.1. The third-order valence-electron chi connectivity index (χ3n) is 2.11. The number of carbonyl (C=O) groups is 1. The van der Waals surface area contributed by atoms with Crippen LogP contribution < -0.4 is 4.72 Å². The number of carboxylic acid groups (broad SMARTS) is 1. The molecule has 0 bridgehead atoms. The van der Waals surface area contributed by atoms with Crippen LogP contribution in [-0.4, -0.2) is 30.1 Å². The van der Waals surface area contributed by atoms with Gasteiger partial charge in [-0.1, -0.05) is 6.07 Å². The van der Waals surface area contributed by atoms with E-state index in [1.54, 1.807) is 20.8 Å². The number of hydrogen-bond acceptors (Lipinski definition) is 4. The minimum atomic E-state index is -3.90. The summed E-state index contributed by atoms with van der Waals surface area (Å²) in [5, 5.41) is 18.3. The molecule has 0 atom stereocenters. The Morgan fingerprint density at radius 1 is 1.32 bits per heavy atom. The molecule has 0 saturated carbocycles. The normalized spacial score (nSPS) is 12.4. The number of nitrogens with one attached hydrogen (secondary N) is 1. The lowest BCUT2D eigenvalue weighted by atomic mass is 10.1. The molecule has 1 rings (SSSR count). The van der Waals surface area contributed by atoms with Crippen molar-refractivity contribution in [3.05, 3.63) is 23.8 Å². The summed E-state index contributed by atoms with van der Waals surface area (Å²) in [6, 6.07) is 3.71. The van der Waals surface area contributed by atoms with Gasteiger partial charge in [0.2, 0.25) is 10.0 Å². The molecule has 0 spiro atoms. The molecule has 1 aromatic carbocycles. The van der Waals surface area contributed by atoms with Gasteiger partial charge in [-0.05, 0) is 38.5 Å². The fraction of sp³-hybridized carbons (Fsp3) is 0.417. The molecule has 0 amide bonds. The van der Waals surface area contributed by atoms with E-state index in [1.165, 1.54) is 12.1 Å². The predicted molar refractivity (Wildman–Crippen MR) is 69.5 cm³/mol. The second-order valence-electron chi connectivity index (χ2n) is 5.23. The summed E-state index contributed by atoms with van der Waals surface area (Å²) >= 11 is 0. The van der Waals surface area contributed by atoms with Crippen LogP contribution in [0.5, 0.6) is 5.75 Å². The van der Waals surface area contributed by atoms with Crippen LogP contribution in [0.15, 0.2) is 23.1 Å². The third-order valence-corrected chi connectivity index (χ3v) is 3.90. The predicted octanol–water partition coefficient (Wildman–Crippen LogP) is 1.10. The van der Waals surface area contributed by atoms with Gasteiger partial charge in [0.05, 0.1) is 6.42 Å². The van der Waals surface area contributed by atoms with Gasteiger partial charge < -0.3 is 10.2 Å². The second-order valence-corrected chi connectivity index (χ2v) is 6.88. The van der Waals surface area contributed by atoms with Crippen molar-refractivity contribution >= 4 is 16.0 Å². The van der Waals surface area contributed by atoms with Gasteiger partial charge in [-0.2, -0.15) is 0 Å². The van der Waals surface area contributed by atoms with E-state index in [4.69, 9.17) is 5.11 Å². The first-order valence-corrected chi connectivity index (χ1v) is 7.07. The van der Waals surface area contributed by atoms with Crippen molar-refractivity contribution in [1.82, 2.24) is 4.72 Å². The molecule has 3 N–H and O–H groups in total. The molecule has 0 fully saturated rings. The van der Waals surface area contributed by atoms with Gasteiger partial charge in [-0.3, -0.25) is 4.79 Å². The molecule has 6 nitrogen and oxygen atoms in total. The van der Waals surface area contributed by atoms with Crippen LogP contribution in [0.25, 0.3) is 0 Å². The standard InChI is InChI=1S/C12H17NO5S/c1-12(2,3)13-19(17,18)10-6-8(7-11(15)16)4-5-9(10)14/h4-6,13-14H,7H2,1-3H3,(H,15,16). The molecule has 0 aliphatic carbocycles. The lowest BCUT2D eigenvalue weighted by molar-refractivity contribution is -0.136. The highest BCUT2D eigenvalue weighted by Gasteiger charge is 2.25. The van der Waals surface area contributed by atoms with Crippen molar-refractivity contribution in [3.8, 4) is 5.75 Å². The molecular weight excluding hydrogens is 270 g/mol. The van der Waals surface area contributed by atoms with Crippen LogP contribution in [0, 0.1) is 0 Å². The second kappa shape index (κ2) is 5.18. The van der Waals surface area contributed by atoms with Gasteiger partial charge in [0.25, 0.3) is 0 Å². The Balaban J connectivity index is 3.22. The summed E-state index contributed by atoms with van der Waals surface area (Å²) in [5.74, 6) is -1.48. The Bertz CT molecular complexity index is 587. The zero-order valence-electron chi connectivity index (χ0n) is 11.0. The minimum Gasteiger partial charge on any atom is -0.507 e. The molecule has 0 heterocycles. The molecule has 19 heavy (non-hydrogen) atoms. The maximum Gasteiger partial charge on any atom is 0.307 e. The molecule has 0 aromatic heterocycles. The highest BCUT2D eigenvalue weighted by atomic mass is 32.2. The number of aliphatic carboxylic acids is 1. The Hall–Kier alpha value is -1.60. The van der Waals surface area contributed by atoms with Crippen LogP contribution in [0.3, 0.4) is 0 Å². The van der Waals surface area contributed by atoms with E-state index in [0.29, 0.717) is 5.56 Å². The van der Waals surface area contributed by atoms with Crippen molar-refractivity contribution in [2.75, 3.05) is 0 Å². The molecule has 0 aliphatic rings. The van der Waals surface area contributed by atoms with Crippen LogP contribution >= 0.6 is 0 Å². The molecule has 7 heteroatoms. The van der Waals surface area contributed by atoms with E-state index >= 15 is 0 Å².